The molecule has 0 unspecified atom stereocenters. The Hall–Kier alpha value is -3.84. The lowest BCUT2D eigenvalue weighted by molar-refractivity contribution is -0.136. The fourth-order valence-corrected chi connectivity index (χ4v) is 4.16. The third-order valence-corrected chi connectivity index (χ3v) is 6.20. The van der Waals surface area contributed by atoms with Gasteiger partial charge < -0.3 is 14.9 Å². The average Bonchev–Trinajstić information content (AvgIpc) is 2.88. The van der Waals surface area contributed by atoms with Crippen LogP contribution in [-0.2, 0) is 11.2 Å². The van der Waals surface area contributed by atoms with Crippen LogP contribution in [0.1, 0.15) is 68.7 Å². The number of ether oxygens (including phenoxy) is 1. The van der Waals surface area contributed by atoms with Gasteiger partial charge in [0, 0.05) is 22.4 Å². The summed E-state index contributed by atoms with van der Waals surface area (Å²) < 4.78 is 5.94. The van der Waals surface area contributed by atoms with E-state index in [2.05, 4.69) is 30.8 Å². The number of carboxylic acids is 2. The molecule has 0 saturated carbocycles. The third-order valence-electron chi connectivity index (χ3n) is 5.81. The molecule has 3 rings (SSSR count). The summed E-state index contributed by atoms with van der Waals surface area (Å²) in [6, 6.07) is 16.9. The molecule has 0 aromatic heterocycles. The van der Waals surface area contributed by atoms with Crippen molar-refractivity contribution in [1.82, 2.24) is 0 Å². The summed E-state index contributed by atoms with van der Waals surface area (Å²) in [5, 5.41) is 18.3. The SMILES string of the molecule is Cc1ccc(C=CCCCCOc2ccc(C(=O)c3cccc(C(=O)O)c3)cc2CCC(=O)O)c(S)c1. The maximum Gasteiger partial charge on any atom is 0.335 e. The quantitative estimate of drug-likeness (QED) is 0.136. The molecule has 0 fully saturated rings. The first-order chi connectivity index (χ1) is 17.7. The molecule has 0 saturated heterocycles. The third kappa shape index (κ3) is 8.36. The van der Waals surface area contributed by atoms with E-state index in [0.29, 0.717) is 23.5 Å². The van der Waals surface area contributed by atoms with Gasteiger partial charge in [0.15, 0.2) is 5.78 Å². The van der Waals surface area contributed by atoms with Crippen molar-refractivity contribution < 1.29 is 29.3 Å². The lowest BCUT2D eigenvalue weighted by atomic mass is 9.98. The number of unbranched alkanes of at least 4 members (excludes halogenated alkanes) is 2. The summed E-state index contributed by atoms with van der Waals surface area (Å²) in [7, 11) is 0. The van der Waals surface area contributed by atoms with Crippen LogP contribution in [0.15, 0.2) is 71.6 Å². The Morgan fingerprint density at radius 3 is 2.41 bits per heavy atom. The Morgan fingerprint density at radius 2 is 1.68 bits per heavy atom. The van der Waals surface area contributed by atoms with Gasteiger partial charge in [0.2, 0.25) is 0 Å². The van der Waals surface area contributed by atoms with Gasteiger partial charge in [-0.15, -0.1) is 12.6 Å². The fourth-order valence-electron chi connectivity index (χ4n) is 3.81. The lowest BCUT2D eigenvalue weighted by Crippen LogP contribution is -2.07. The summed E-state index contributed by atoms with van der Waals surface area (Å²) in [6.07, 6.45) is 6.92. The topological polar surface area (TPSA) is 101 Å². The van der Waals surface area contributed by atoms with Gasteiger partial charge in [0.05, 0.1) is 12.2 Å². The second-order valence-corrected chi connectivity index (χ2v) is 9.22. The summed E-state index contributed by atoms with van der Waals surface area (Å²) in [5.74, 6) is -1.85. The predicted octanol–water partition coefficient (Wildman–Crippen LogP) is 6.49. The number of ketones is 1. The molecular weight excluding hydrogens is 488 g/mol. The smallest absolute Gasteiger partial charge is 0.335 e. The van der Waals surface area contributed by atoms with Crippen LogP contribution in [0.25, 0.3) is 6.08 Å². The molecule has 7 heteroatoms. The van der Waals surface area contributed by atoms with Gasteiger partial charge in [-0.25, -0.2) is 4.79 Å². The summed E-state index contributed by atoms with van der Waals surface area (Å²) in [6.45, 7) is 2.50. The van der Waals surface area contributed by atoms with E-state index < -0.39 is 11.9 Å². The van der Waals surface area contributed by atoms with E-state index in [4.69, 9.17) is 9.84 Å². The highest BCUT2D eigenvalue weighted by atomic mass is 32.1. The van der Waals surface area contributed by atoms with Gasteiger partial charge >= 0.3 is 11.9 Å². The standard InChI is InChI=1S/C30H30O6S/c1-20-10-11-21(27(37)17-20)7-4-2-3-5-16-36-26-14-12-24(18-22(26)13-15-28(31)32)29(33)23-8-6-9-25(19-23)30(34)35/h4,6-12,14,17-19,37H,2-3,5,13,15-16H2,1H3,(H,31,32)(H,34,35). The van der Waals surface area contributed by atoms with Crippen molar-refractivity contribution in [1.29, 1.82) is 0 Å². The maximum absolute atomic E-state index is 13.0. The highest BCUT2D eigenvalue weighted by molar-refractivity contribution is 7.80. The minimum atomic E-state index is -1.11. The number of hydrogen-bond donors (Lipinski definition) is 3. The zero-order valence-electron chi connectivity index (χ0n) is 20.6. The van der Waals surface area contributed by atoms with Gasteiger partial charge in [-0.2, -0.15) is 0 Å². The molecule has 0 radical (unpaired) electrons. The fraction of sp³-hybridized carbons (Fsp3) is 0.233. The largest absolute Gasteiger partial charge is 0.493 e. The normalized spacial score (nSPS) is 11.0. The minimum Gasteiger partial charge on any atom is -0.493 e. The van der Waals surface area contributed by atoms with E-state index in [-0.39, 0.29) is 29.8 Å². The van der Waals surface area contributed by atoms with Gasteiger partial charge in [-0.05, 0) is 85.7 Å². The molecule has 3 aromatic rings. The van der Waals surface area contributed by atoms with Crippen LogP contribution in [0.5, 0.6) is 5.75 Å². The van der Waals surface area contributed by atoms with E-state index >= 15 is 0 Å². The molecular formula is C30H30O6S. The number of thiol groups is 1. The number of aromatic carboxylic acids is 1. The zero-order chi connectivity index (χ0) is 26.8. The van der Waals surface area contributed by atoms with Crippen LogP contribution < -0.4 is 4.74 Å². The number of aliphatic carboxylic acids is 1. The maximum atomic E-state index is 13.0. The Bertz CT molecular complexity index is 1310. The Morgan fingerprint density at radius 1 is 0.919 bits per heavy atom. The predicted molar refractivity (Wildman–Crippen MR) is 146 cm³/mol. The van der Waals surface area contributed by atoms with Crippen LogP contribution in [0.3, 0.4) is 0 Å². The molecule has 0 heterocycles. The summed E-state index contributed by atoms with van der Waals surface area (Å²) in [5.41, 5.74) is 3.51. The molecule has 0 bridgehead atoms. The van der Waals surface area contributed by atoms with E-state index in [9.17, 15) is 19.5 Å². The first-order valence-electron chi connectivity index (χ1n) is 12.1. The number of aryl methyl sites for hydroxylation is 2. The number of carboxylic acid groups (broad SMARTS) is 2. The second-order valence-electron chi connectivity index (χ2n) is 8.74. The second kappa shape index (κ2) is 13.5. The van der Waals surface area contributed by atoms with E-state index in [0.717, 1.165) is 29.7 Å². The molecule has 3 aromatic carbocycles. The summed E-state index contributed by atoms with van der Waals surface area (Å²) >= 11 is 4.51. The van der Waals surface area contributed by atoms with Crippen LogP contribution in [0, 0.1) is 6.92 Å². The van der Waals surface area contributed by atoms with Crippen molar-refractivity contribution in [3.8, 4) is 5.75 Å². The average molecular weight is 519 g/mol. The van der Waals surface area contributed by atoms with Gasteiger partial charge in [0.1, 0.15) is 5.75 Å². The van der Waals surface area contributed by atoms with Gasteiger partial charge in [0.25, 0.3) is 0 Å². The van der Waals surface area contributed by atoms with Crippen molar-refractivity contribution in [2.75, 3.05) is 6.61 Å². The highest BCUT2D eigenvalue weighted by Crippen LogP contribution is 2.24. The van der Waals surface area contributed by atoms with Crippen molar-refractivity contribution in [3.63, 3.8) is 0 Å². The number of hydrogen-bond acceptors (Lipinski definition) is 5. The van der Waals surface area contributed by atoms with Gasteiger partial charge in [-0.3, -0.25) is 9.59 Å². The molecule has 0 atom stereocenters. The van der Waals surface area contributed by atoms with Crippen molar-refractivity contribution in [3.05, 3.63) is 100 Å². The zero-order valence-corrected chi connectivity index (χ0v) is 21.5. The molecule has 0 amide bonds. The van der Waals surface area contributed by atoms with Crippen LogP contribution in [0.4, 0.5) is 0 Å². The Labute approximate surface area is 222 Å². The van der Waals surface area contributed by atoms with E-state index in [1.807, 2.05) is 19.1 Å². The number of carbonyl (C=O) groups is 3. The Balaban J connectivity index is 1.61. The number of benzene rings is 3. The molecule has 192 valence electrons. The number of allylic oxidation sites excluding steroid dienone is 1. The molecule has 37 heavy (non-hydrogen) atoms. The number of rotatable bonds is 13. The Kier molecular flexibility index (Phi) is 10.1. The lowest BCUT2D eigenvalue weighted by Gasteiger charge is -2.13. The molecule has 0 aliphatic carbocycles. The summed E-state index contributed by atoms with van der Waals surface area (Å²) in [4.78, 5) is 36.3. The van der Waals surface area contributed by atoms with Crippen molar-refractivity contribution >= 4 is 36.4 Å². The molecule has 0 aliphatic rings. The first-order valence-corrected chi connectivity index (χ1v) is 12.5. The van der Waals surface area contributed by atoms with Gasteiger partial charge in [-0.1, -0.05) is 36.4 Å². The molecule has 6 nitrogen and oxygen atoms in total. The van der Waals surface area contributed by atoms with Crippen LogP contribution in [-0.4, -0.2) is 34.5 Å². The van der Waals surface area contributed by atoms with Crippen molar-refractivity contribution in [2.45, 2.75) is 43.9 Å². The molecule has 2 N–H and O–H groups in total. The molecule has 0 spiro atoms. The highest BCUT2D eigenvalue weighted by Gasteiger charge is 2.15. The molecule has 0 aliphatic heterocycles. The minimum absolute atomic E-state index is 0.0247. The van der Waals surface area contributed by atoms with Crippen molar-refractivity contribution in [2.24, 2.45) is 0 Å². The van der Waals surface area contributed by atoms with E-state index in [1.165, 1.54) is 23.8 Å². The monoisotopic (exact) mass is 518 g/mol. The van der Waals surface area contributed by atoms with Crippen LogP contribution in [0.2, 0.25) is 0 Å². The first kappa shape index (κ1) is 27.7. The van der Waals surface area contributed by atoms with Crippen LogP contribution >= 0.6 is 12.6 Å². The van der Waals surface area contributed by atoms with E-state index in [1.54, 1.807) is 24.3 Å². The number of carbonyl (C=O) groups excluding carboxylic acids is 1.